The van der Waals surface area contributed by atoms with Crippen molar-refractivity contribution in [3.05, 3.63) is 42.6 Å². The topological polar surface area (TPSA) is 132 Å². The Hall–Kier alpha value is -4.19. The Labute approximate surface area is 284 Å². The molecule has 3 N–H and O–H groups in total. The number of pyridine rings is 1. The largest absolute Gasteiger partial charge is 0.492 e. The molecule has 2 aliphatic rings. The Bertz CT molecular complexity index is 1570. The van der Waals surface area contributed by atoms with E-state index < -0.39 is 0 Å². The van der Waals surface area contributed by atoms with Gasteiger partial charge in [-0.2, -0.15) is 0 Å². The molecule has 2 fully saturated rings. The maximum Gasteiger partial charge on any atom is 0.320 e. The van der Waals surface area contributed by atoms with Crippen LogP contribution in [0.3, 0.4) is 0 Å². The van der Waals surface area contributed by atoms with Gasteiger partial charge in [-0.3, -0.25) is 9.72 Å². The van der Waals surface area contributed by atoms with Crippen molar-refractivity contribution in [1.29, 1.82) is 5.41 Å². The van der Waals surface area contributed by atoms with Crippen LogP contribution in [0.25, 0.3) is 5.65 Å². The number of carbonyl (C=O) groups excluding carboxylic acids is 1. The molecule has 0 bridgehead atoms. The van der Waals surface area contributed by atoms with Crippen LogP contribution in [0.4, 0.5) is 16.4 Å². The molecule has 12 heteroatoms. The number of nitrogens with zero attached hydrogens (tertiary/aromatic N) is 6. The molecule has 3 aromatic rings. The number of anilines is 1. The van der Waals surface area contributed by atoms with Gasteiger partial charge in [0.05, 0.1) is 18.0 Å². The molecule has 1 aromatic carbocycles. The standard InChI is InChI=1S/C36H53N9O3/c1-25-10-7-8-19-44(25)35-42-41-33-18-17-30(24-45(33)35)48-28-15-13-26(14-16-28)39-34(46)40-32(23-31(37)36(2,3)4)38-27-11-9-12-29(22-27)47-21-20-43(5)6/h9,11-12,17-18,22,24-26,28,37H,7-8,10,13-16,19-21,23H2,1-6H3,(H2,38,39,40,46). The zero-order chi connectivity index (χ0) is 34.3. The number of urea groups is 1. The normalized spacial score (nSPS) is 20.5. The number of carbonyl (C=O) groups is 1. The third-order valence-electron chi connectivity index (χ3n) is 9.13. The molecule has 0 radical (unpaired) electrons. The lowest BCUT2D eigenvalue weighted by Crippen LogP contribution is -2.47. The van der Waals surface area contributed by atoms with Crippen LogP contribution < -0.4 is 25.0 Å². The summed E-state index contributed by atoms with van der Waals surface area (Å²) in [5.41, 5.74) is 1.62. The Kier molecular flexibility index (Phi) is 11.6. The number of likely N-dealkylation sites (N-methyl/N-ethyl adjacent to an activating group) is 1. The predicted molar refractivity (Wildman–Crippen MR) is 191 cm³/mol. The number of benzene rings is 1. The van der Waals surface area contributed by atoms with E-state index in [0.29, 0.717) is 35.6 Å². The minimum Gasteiger partial charge on any atom is -0.492 e. The first-order valence-electron chi connectivity index (χ1n) is 17.3. The molecule has 1 aliphatic heterocycles. The Morgan fingerprint density at radius 1 is 1.06 bits per heavy atom. The molecule has 1 saturated carbocycles. The third kappa shape index (κ3) is 9.68. The summed E-state index contributed by atoms with van der Waals surface area (Å²) < 4.78 is 14.4. The van der Waals surface area contributed by atoms with Crippen molar-refractivity contribution in [3.63, 3.8) is 0 Å². The molecular formula is C36H53N9O3. The van der Waals surface area contributed by atoms with Crippen LogP contribution in [0.15, 0.2) is 47.6 Å². The number of hydrogen-bond acceptors (Lipinski definition) is 9. The summed E-state index contributed by atoms with van der Waals surface area (Å²) in [5, 5.41) is 23.6. The van der Waals surface area contributed by atoms with E-state index in [1.165, 1.54) is 12.8 Å². The number of rotatable bonds is 11. The number of hydrogen-bond donors (Lipinski definition) is 3. The van der Waals surface area contributed by atoms with Gasteiger partial charge in [-0.25, -0.2) is 9.79 Å². The fourth-order valence-corrected chi connectivity index (χ4v) is 6.08. The predicted octanol–water partition coefficient (Wildman–Crippen LogP) is 6.22. The van der Waals surface area contributed by atoms with E-state index in [0.717, 1.165) is 62.5 Å². The summed E-state index contributed by atoms with van der Waals surface area (Å²) in [6, 6.07) is 11.6. The van der Waals surface area contributed by atoms with Crippen molar-refractivity contribution in [2.24, 2.45) is 10.4 Å². The number of amides is 2. The Balaban J connectivity index is 1.17. The molecular weight excluding hydrogens is 606 g/mol. The van der Waals surface area contributed by atoms with Crippen molar-refractivity contribution in [3.8, 4) is 11.5 Å². The molecule has 1 atom stereocenters. The van der Waals surface area contributed by atoms with E-state index >= 15 is 0 Å². The van der Waals surface area contributed by atoms with Gasteiger partial charge in [0, 0.05) is 43.4 Å². The molecule has 1 unspecified atom stereocenters. The molecule has 2 aromatic heterocycles. The summed E-state index contributed by atoms with van der Waals surface area (Å²) in [4.78, 5) is 22.4. The van der Waals surface area contributed by atoms with Crippen molar-refractivity contribution in [2.45, 2.75) is 97.2 Å². The molecule has 260 valence electrons. The van der Waals surface area contributed by atoms with Crippen molar-refractivity contribution >= 4 is 34.9 Å². The fraction of sp³-hybridized carbons (Fsp3) is 0.583. The van der Waals surface area contributed by atoms with Gasteiger partial charge in [0.15, 0.2) is 5.65 Å². The van der Waals surface area contributed by atoms with Crippen LogP contribution in [0.2, 0.25) is 0 Å². The monoisotopic (exact) mass is 659 g/mol. The number of ether oxygens (including phenoxy) is 2. The van der Waals surface area contributed by atoms with Gasteiger partial charge in [0.25, 0.3) is 0 Å². The Morgan fingerprint density at radius 2 is 1.85 bits per heavy atom. The van der Waals surface area contributed by atoms with Gasteiger partial charge in [-0.15, -0.1) is 10.2 Å². The van der Waals surface area contributed by atoms with Crippen molar-refractivity contribution < 1.29 is 14.3 Å². The molecule has 2 amide bonds. The lowest BCUT2D eigenvalue weighted by molar-refractivity contribution is 0.140. The zero-order valence-electron chi connectivity index (χ0n) is 29.5. The number of amidine groups is 1. The summed E-state index contributed by atoms with van der Waals surface area (Å²) >= 11 is 0. The van der Waals surface area contributed by atoms with E-state index in [4.69, 9.17) is 19.9 Å². The second-order valence-corrected chi connectivity index (χ2v) is 14.4. The number of fused-ring (bicyclic) bond motifs is 1. The van der Waals surface area contributed by atoms with Crippen LogP contribution in [-0.4, -0.2) is 89.1 Å². The highest BCUT2D eigenvalue weighted by molar-refractivity contribution is 6.09. The highest BCUT2D eigenvalue weighted by atomic mass is 16.5. The minimum absolute atomic E-state index is 0.0223. The van der Waals surface area contributed by atoms with Crippen molar-refractivity contribution in [1.82, 2.24) is 30.1 Å². The van der Waals surface area contributed by atoms with Crippen LogP contribution in [-0.2, 0) is 0 Å². The number of aromatic nitrogens is 3. The zero-order valence-corrected chi connectivity index (χ0v) is 29.5. The number of piperidine rings is 1. The maximum atomic E-state index is 13.2. The molecule has 5 rings (SSSR count). The van der Waals surface area contributed by atoms with E-state index in [-0.39, 0.29) is 30.0 Å². The van der Waals surface area contributed by atoms with Crippen LogP contribution >= 0.6 is 0 Å². The van der Waals surface area contributed by atoms with E-state index in [1.807, 2.05) is 81.9 Å². The summed E-state index contributed by atoms with van der Waals surface area (Å²) in [5.74, 6) is 2.82. The maximum absolute atomic E-state index is 13.2. The van der Waals surface area contributed by atoms with Crippen LogP contribution in [0.1, 0.15) is 79.1 Å². The Morgan fingerprint density at radius 3 is 2.58 bits per heavy atom. The minimum atomic E-state index is -0.346. The molecule has 0 spiro atoms. The van der Waals surface area contributed by atoms with E-state index in [9.17, 15) is 4.79 Å². The van der Waals surface area contributed by atoms with Gasteiger partial charge >= 0.3 is 6.03 Å². The van der Waals surface area contributed by atoms with Gasteiger partial charge in [0.2, 0.25) is 5.95 Å². The molecule has 1 saturated heterocycles. The molecule has 48 heavy (non-hydrogen) atoms. The second kappa shape index (κ2) is 15.8. The average Bonchev–Trinajstić information content (AvgIpc) is 3.45. The van der Waals surface area contributed by atoms with Crippen LogP contribution in [0.5, 0.6) is 11.5 Å². The first kappa shape index (κ1) is 35.1. The number of nitrogens with one attached hydrogen (secondary N) is 3. The van der Waals surface area contributed by atoms with Gasteiger partial charge in [0.1, 0.15) is 23.9 Å². The first-order valence-corrected chi connectivity index (χ1v) is 17.3. The molecule has 3 heterocycles. The lowest BCUT2D eigenvalue weighted by Gasteiger charge is -2.33. The van der Waals surface area contributed by atoms with Crippen LogP contribution in [0, 0.1) is 10.8 Å². The summed E-state index contributed by atoms with van der Waals surface area (Å²) in [6.07, 6.45) is 9.16. The van der Waals surface area contributed by atoms with Gasteiger partial charge in [-0.1, -0.05) is 26.8 Å². The highest BCUT2D eigenvalue weighted by Crippen LogP contribution is 2.28. The van der Waals surface area contributed by atoms with E-state index in [2.05, 4.69) is 37.6 Å². The fourth-order valence-electron chi connectivity index (χ4n) is 6.08. The van der Waals surface area contributed by atoms with Gasteiger partial charge in [-0.05, 0) is 95.6 Å². The average molecular weight is 660 g/mol. The first-order chi connectivity index (χ1) is 22.9. The summed E-state index contributed by atoms with van der Waals surface area (Å²) in [6.45, 7) is 10.6. The quantitative estimate of drug-likeness (QED) is 0.164. The third-order valence-corrected chi connectivity index (χ3v) is 9.13. The SMILES string of the molecule is CC1CCCCN1c1nnc2ccc(OC3CCC(NC(=O)NC(CC(=N)C(C)(C)C)=Nc4cccc(OCCN(C)C)c4)CC3)cn12. The smallest absolute Gasteiger partial charge is 0.320 e. The molecule has 1 aliphatic carbocycles. The summed E-state index contributed by atoms with van der Waals surface area (Å²) in [7, 11) is 4.01. The lowest BCUT2D eigenvalue weighted by atomic mass is 9.88. The van der Waals surface area contributed by atoms with Gasteiger partial charge < -0.3 is 30.0 Å². The van der Waals surface area contributed by atoms with E-state index in [1.54, 1.807) is 0 Å². The number of aliphatic imine (C=N–C) groups is 1. The second-order valence-electron chi connectivity index (χ2n) is 14.4. The molecule has 12 nitrogen and oxygen atoms in total. The highest BCUT2D eigenvalue weighted by Gasteiger charge is 2.26. The van der Waals surface area contributed by atoms with Crippen molar-refractivity contribution in [2.75, 3.05) is 38.7 Å².